The maximum atomic E-state index is 4.48. The second-order valence-electron chi connectivity index (χ2n) is 5.02. The van der Waals surface area contributed by atoms with Gasteiger partial charge in [-0.2, -0.15) is 0 Å². The van der Waals surface area contributed by atoms with Gasteiger partial charge in [0, 0.05) is 37.5 Å². The first kappa shape index (κ1) is 12.8. The molecule has 0 spiro atoms. The van der Waals surface area contributed by atoms with E-state index in [9.17, 15) is 0 Å². The lowest BCUT2D eigenvalue weighted by Gasteiger charge is -2.26. The number of hydrogen-bond acceptors (Lipinski definition) is 4. The van der Waals surface area contributed by atoms with Crippen molar-refractivity contribution in [2.24, 2.45) is 0 Å². The number of hydrogen-bond donors (Lipinski definition) is 2. The summed E-state index contributed by atoms with van der Waals surface area (Å²) in [6, 6.07) is 8.74. The quantitative estimate of drug-likeness (QED) is 0.898. The normalized spacial score (nSPS) is 18.3. The summed E-state index contributed by atoms with van der Waals surface area (Å²) in [5, 5.41) is 10.3. The molecule has 1 aromatic carbocycles. The highest BCUT2D eigenvalue weighted by atomic mass is 32.1. The van der Waals surface area contributed by atoms with Crippen LogP contribution >= 0.6 is 11.3 Å². The molecular weight excluding hydrogens is 254 g/mol. The van der Waals surface area contributed by atoms with Gasteiger partial charge in [0.1, 0.15) is 0 Å². The fourth-order valence-electron chi connectivity index (χ4n) is 2.63. The Labute approximate surface area is 118 Å². The molecule has 0 radical (unpaired) electrons. The molecule has 1 unspecified atom stereocenters. The van der Waals surface area contributed by atoms with E-state index >= 15 is 0 Å². The van der Waals surface area contributed by atoms with Crippen LogP contribution in [0.5, 0.6) is 0 Å². The molecule has 2 heterocycles. The zero-order chi connectivity index (χ0) is 13.1. The second kappa shape index (κ2) is 5.82. The average molecular weight is 273 g/mol. The van der Waals surface area contributed by atoms with E-state index in [1.54, 1.807) is 11.3 Å². The monoisotopic (exact) mass is 273 g/mol. The number of rotatable bonds is 4. The van der Waals surface area contributed by atoms with Crippen molar-refractivity contribution in [2.45, 2.75) is 25.9 Å². The Kier molecular flexibility index (Phi) is 3.92. The van der Waals surface area contributed by atoms with E-state index in [0.29, 0.717) is 5.92 Å². The average Bonchev–Trinajstić information content (AvgIpc) is 2.85. The molecular formula is C15H19N3S. The van der Waals surface area contributed by atoms with Gasteiger partial charge in [0.05, 0.1) is 10.7 Å². The van der Waals surface area contributed by atoms with Crippen LogP contribution in [-0.2, 0) is 13.1 Å². The molecule has 1 aliphatic rings. The summed E-state index contributed by atoms with van der Waals surface area (Å²) in [4.78, 5) is 4.48. The van der Waals surface area contributed by atoms with Crippen LogP contribution < -0.4 is 10.6 Å². The van der Waals surface area contributed by atoms with Gasteiger partial charge in [0.25, 0.3) is 0 Å². The molecule has 0 saturated carbocycles. The van der Waals surface area contributed by atoms with Crippen LogP contribution in [-0.4, -0.2) is 18.1 Å². The maximum Gasteiger partial charge on any atom is 0.0897 e. The third-order valence-electron chi connectivity index (χ3n) is 3.56. The number of nitrogens with zero attached hydrogens (tertiary/aromatic N) is 1. The Balaban J connectivity index is 1.59. The van der Waals surface area contributed by atoms with Gasteiger partial charge in [-0.3, -0.25) is 0 Å². The summed E-state index contributed by atoms with van der Waals surface area (Å²) in [5.41, 5.74) is 4.08. The molecule has 0 fully saturated rings. The molecule has 2 aromatic rings. The fourth-order valence-corrected chi connectivity index (χ4v) is 3.24. The number of aryl methyl sites for hydroxylation is 1. The van der Waals surface area contributed by atoms with Crippen molar-refractivity contribution in [3.63, 3.8) is 0 Å². The summed E-state index contributed by atoms with van der Waals surface area (Å²) in [6.45, 7) is 5.97. The maximum absolute atomic E-state index is 4.48. The van der Waals surface area contributed by atoms with Crippen molar-refractivity contribution in [3.05, 3.63) is 51.5 Å². The third kappa shape index (κ3) is 3.03. The first-order chi connectivity index (χ1) is 9.33. The molecule has 19 heavy (non-hydrogen) atoms. The minimum atomic E-state index is 0.560. The lowest BCUT2D eigenvalue weighted by molar-refractivity contribution is 0.501. The molecule has 2 N–H and O–H groups in total. The van der Waals surface area contributed by atoms with Crippen LogP contribution in [0.4, 0.5) is 0 Å². The molecule has 0 amide bonds. The van der Waals surface area contributed by atoms with Gasteiger partial charge in [-0.1, -0.05) is 24.3 Å². The van der Waals surface area contributed by atoms with Crippen LogP contribution in [0.25, 0.3) is 0 Å². The van der Waals surface area contributed by atoms with Crippen LogP contribution in [0.15, 0.2) is 29.6 Å². The number of nitrogens with one attached hydrogen (secondary N) is 2. The lowest BCUT2D eigenvalue weighted by Crippen LogP contribution is -2.34. The molecule has 4 heteroatoms. The Morgan fingerprint density at radius 1 is 1.42 bits per heavy atom. The van der Waals surface area contributed by atoms with E-state index in [1.807, 2.05) is 0 Å². The highest BCUT2D eigenvalue weighted by molar-refractivity contribution is 7.09. The Bertz CT molecular complexity index is 550. The summed E-state index contributed by atoms with van der Waals surface area (Å²) in [5.74, 6) is 0.560. The number of aromatic nitrogens is 1. The van der Waals surface area contributed by atoms with Gasteiger partial charge in [-0.15, -0.1) is 11.3 Å². The van der Waals surface area contributed by atoms with Crippen molar-refractivity contribution in [1.29, 1.82) is 0 Å². The van der Waals surface area contributed by atoms with Crippen molar-refractivity contribution >= 4 is 11.3 Å². The van der Waals surface area contributed by atoms with Crippen molar-refractivity contribution in [3.8, 4) is 0 Å². The van der Waals surface area contributed by atoms with Gasteiger partial charge in [0.15, 0.2) is 0 Å². The molecule has 1 aromatic heterocycles. The van der Waals surface area contributed by atoms with Crippen LogP contribution in [0.2, 0.25) is 0 Å². The zero-order valence-electron chi connectivity index (χ0n) is 11.1. The number of benzene rings is 1. The van der Waals surface area contributed by atoms with Gasteiger partial charge < -0.3 is 10.6 Å². The van der Waals surface area contributed by atoms with Crippen LogP contribution in [0.3, 0.4) is 0 Å². The van der Waals surface area contributed by atoms with E-state index in [1.165, 1.54) is 11.1 Å². The number of fused-ring (bicyclic) bond motifs is 1. The Hall–Kier alpha value is -1.23. The molecule has 0 bridgehead atoms. The second-order valence-corrected chi connectivity index (χ2v) is 6.08. The smallest absolute Gasteiger partial charge is 0.0897 e. The largest absolute Gasteiger partial charge is 0.312 e. The first-order valence-electron chi connectivity index (χ1n) is 6.73. The molecule has 100 valence electrons. The summed E-state index contributed by atoms with van der Waals surface area (Å²) in [6.07, 6.45) is 0. The molecule has 0 aliphatic carbocycles. The minimum Gasteiger partial charge on any atom is -0.312 e. The van der Waals surface area contributed by atoms with E-state index in [0.717, 1.165) is 36.9 Å². The van der Waals surface area contributed by atoms with E-state index in [2.05, 4.69) is 52.2 Å². The summed E-state index contributed by atoms with van der Waals surface area (Å²) in [7, 11) is 0. The zero-order valence-corrected chi connectivity index (χ0v) is 12.0. The van der Waals surface area contributed by atoms with Crippen LogP contribution in [0.1, 0.15) is 27.7 Å². The van der Waals surface area contributed by atoms with E-state index in [-0.39, 0.29) is 0 Å². The van der Waals surface area contributed by atoms with E-state index in [4.69, 9.17) is 0 Å². The number of thiazole rings is 1. The van der Waals surface area contributed by atoms with Crippen molar-refractivity contribution < 1.29 is 0 Å². The predicted octanol–water partition coefficient (Wildman–Crippen LogP) is 2.43. The predicted molar refractivity (Wildman–Crippen MR) is 79.4 cm³/mol. The summed E-state index contributed by atoms with van der Waals surface area (Å²) < 4.78 is 0. The lowest BCUT2D eigenvalue weighted by atomic mass is 9.91. The van der Waals surface area contributed by atoms with Crippen molar-refractivity contribution in [1.82, 2.24) is 15.6 Å². The molecule has 3 nitrogen and oxygen atoms in total. The topological polar surface area (TPSA) is 37.0 Å². The molecule has 0 saturated heterocycles. The Morgan fingerprint density at radius 3 is 3.16 bits per heavy atom. The van der Waals surface area contributed by atoms with Crippen molar-refractivity contribution in [2.75, 3.05) is 13.1 Å². The summed E-state index contributed by atoms with van der Waals surface area (Å²) >= 11 is 1.72. The van der Waals surface area contributed by atoms with Gasteiger partial charge in [-0.25, -0.2) is 4.98 Å². The van der Waals surface area contributed by atoms with Crippen LogP contribution in [0, 0.1) is 6.92 Å². The minimum absolute atomic E-state index is 0.560. The Morgan fingerprint density at radius 2 is 2.32 bits per heavy atom. The molecule has 1 atom stereocenters. The highest BCUT2D eigenvalue weighted by Crippen LogP contribution is 2.23. The first-order valence-corrected chi connectivity index (χ1v) is 7.61. The fraction of sp³-hybridized carbons (Fsp3) is 0.400. The molecule has 1 aliphatic heterocycles. The van der Waals surface area contributed by atoms with Gasteiger partial charge in [-0.05, 0) is 18.1 Å². The van der Waals surface area contributed by atoms with E-state index < -0.39 is 0 Å². The van der Waals surface area contributed by atoms with Gasteiger partial charge >= 0.3 is 0 Å². The third-order valence-corrected chi connectivity index (χ3v) is 4.39. The standard InChI is InChI=1S/C15H19N3S/c1-11-18-14(10-19-11)9-17-8-13-7-16-6-12-4-2-3-5-15(12)13/h2-5,10,13,16-17H,6-9H2,1H3. The van der Waals surface area contributed by atoms with Gasteiger partial charge in [0.2, 0.25) is 0 Å². The molecule has 3 rings (SSSR count). The SMILES string of the molecule is Cc1nc(CNCC2CNCc3ccccc32)cs1. The highest BCUT2D eigenvalue weighted by Gasteiger charge is 2.18.